The van der Waals surface area contributed by atoms with Crippen LogP contribution in [0.1, 0.15) is 21.5 Å². The normalized spacial score (nSPS) is 11.1. The molecule has 0 bridgehead atoms. The first-order valence-corrected chi connectivity index (χ1v) is 10.9. The molecule has 1 amide bonds. The van der Waals surface area contributed by atoms with Gasteiger partial charge in [-0.15, -0.1) is 0 Å². The van der Waals surface area contributed by atoms with Gasteiger partial charge in [0.1, 0.15) is 12.4 Å². The van der Waals surface area contributed by atoms with Gasteiger partial charge in [0.15, 0.2) is 9.84 Å². The molecule has 3 aromatic carbocycles. The van der Waals surface area contributed by atoms with Crippen LogP contribution in [0.15, 0.2) is 83.8 Å². The van der Waals surface area contributed by atoms with Gasteiger partial charge in [-0.3, -0.25) is 4.79 Å². The summed E-state index contributed by atoms with van der Waals surface area (Å²) in [5.41, 5.74) is 2.62. The number of rotatable bonds is 8. The zero-order chi connectivity index (χ0) is 20.7. The summed E-state index contributed by atoms with van der Waals surface area (Å²) in [7, 11) is -3.43. The van der Waals surface area contributed by atoms with Crippen LogP contribution >= 0.6 is 0 Å². The lowest BCUT2D eigenvalue weighted by molar-refractivity contribution is 0.0955. The van der Waals surface area contributed by atoms with Gasteiger partial charge in [0.2, 0.25) is 0 Å². The van der Waals surface area contributed by atoms with E-state index in [-0.39, 0.29) is 23.1 Å². The molecule has 0 radical (unpaired) electrons. The first-order valence-electron chi connectivity index (χ1n) is 9.28. The maximum atomic E-state index is 12.4. The minimum atomic E-state index is -3.43. The molecule has 3 aromatic rings. The number of benzene rings is 3. The number of carbonyl (C=O) groups excluding carboxylic acids is 1. The van der Waals surface area contributed by atoms with E-state index in [1.165, 1.54) is 0 Å². The lowest BCUT2D eigenvalue weighted by Crippen LogP contribution is -2.29. The second kappa shape index (κ2) is 9.39. The molecule has 0 unspecified atom stereocenters. The van der Waals surface area contributed by atoms with Gasteiger partial charge < -0.3 is 10.1 Å². The number of amides is 1. The van der Waals surface area contributed by atoms with Crippen LogP contribution in [0.2, 0.25) is 0 Å². The number of carbonyl (C=O) groups is 1. The quantitative estimate of drug-likeness (QED) is 0.615. The van der Waals surface area contributed by atoms with Crippen molar-refractivity contribution < 1.29 is 17.9 Å². The molecule has 0 aromatic heterocycles. The van der Waals surface area contributed by atoms with E-state index in [1.54, 1.807) is 54.6 Å². The summed E-state index contributed by atoms with van der Waals surface area (Å²) in [5, 5.41) is 2.66. The van der Waals surface area contributed by atoms with Crippen molar-refractivity contribution in [2.24, 2.45) is 0 Å². The number of nitrogens with one attached hydrogen (secondary N) is 1. The fourth-order valence-corrected chi connectivity index (χ4v) is 4.02. The maximum absolute atomic E-state index is 12.4. The highest BCUT2D eigenvalue weighted by atomic mass is 32.2. The van der Waals surface area contributed by atoms with Crippen LogP contribution in [0.4, 0.5) is 0 Å². The third-order valence-electron chi connectivity index (χ3n) is 4.34. The molecule has 29 heavy (non-hydrogen) atoms. The van der Waals surface area contributed by atoms with Crippen molar-refractivity contribution in [2.45, 2.75) is 18.4 Å². The van der Waals surface area contributed by atoms with Gasteiger partial charge in [0.05, 0.1) is 10.6 Å². The molecular weight excluding hydrogens is 386 g/mol. The van der Waals surface area contributed by atoms with E-state index in [4.69, 9.17) is 4.74 Å². The summed E-state index contributed by atoms with van der Waals surface area (Å²) >= 11 is 0. The molecule has 5 nitrogen and oxygen atoms in total. The van der Waals surface area contributed by atoms with Crippen molar-refractivity contribution in [1.82, 2.24) is 5.32 Å². The van der Waals surface area contributed by atoms with E-state index in [0.29, 0.717) is 17.9 Å². The minimum Gasteiger partial charge on any atom is -0.489 e. The summed E-state index contributed by atoms with van der Waals surface area (Å²) < 4.78 is 30.3. The van der Waals surface area contributed by atoms with E-state index >= 15 is 0 Å². The van der Waals surface area contributed by atoms with Gasteiger partial charge in [-0.2, -0.15) is 0 Å². The number of hydrogen-bond acceptors (Lipinski definition) is 4. The third kappa shape index (κ3) is 5.93. The summed E-state index contributed by atoms with van der Waals surface area (Å²) in [6, 6.07) is 23.1. The predicted molar refractivity (Wildman–Crippen MR) is 113 cm³/mol. The lowest BCUT2D eigenvalue weighted by atomic mass is 10.1. The molecule has 0 atom stereocenters. The molecular formula is C23H23NO4S. The lowest BCUT2D eigenvalue weighted by Gasteiger charge is -2.10. The smallest absolute Gasteiger partial charge is 0.251 e. The second-order valence-corrected chi connectivity index (χ2v) is 8.80. The molecule has 0 saturated heterocycles. The summed E-state index contributed by atoms with van der Waals surface area (Å²) in [6.07, 6.45) is 0. The molecule has 0 aliphatic rings. The maximum Gasteiger partial charge on any atom is 0.251 e. The van der Waals surface area contributed by atoms with E-state index in [1.807, 2.05) is 31.2 Å². The highest BCUT2D eigenvalue weighted by Crippen LogP contribution is 2.16. The van der Waals surface area contributed by atoms with Gasteiger partial charge in [-0.05, 0) is 42.8 Å². The van der Waals surface area contributed by atoms with Crippen LogP contribution < -0.4 is 10.1 Å². The molecule has 1 N–H and O–H groups in total. The number of sulfone groups is 1. The Labute approximate surface area is 171 Å². The van der Waals surface area contributed by atoms with Gasteiger partial charge in [0, 0.05) is 12.1 Å². The molecule has 0 aliphatic heterocycles. The topological polar surface area (TPSA) is 72.5 Å². The van der Waals surface area contributed by atoms with Crippen molar-refractivity contribution in [3.8, 4) is 5.75 Å². The summed E-state index contributed by atoms with van der Waals surface area (Å²) in [4.78, 5) is 12.6. The first kappa shape index (κ1) is 20.6. The van der Waals surface area contributed by atoms with E-state index < -0.39 is 9.84 Å². The fraction of sp³-hybridized carbons (Fsp3) is 0.174. The number of ether oxygens (including phenoxy) is 1. The Morgan fingerprint density at radius 1 is 0.931 bits per heavy atom. The van der Waals surface area contributed by atoms with Crippen molar-refractivity contribution in [3.05, 3.63) is 95.6 Å². The van der Waals surface area contributed by atoms with Crippen LogP contribution in [0, 0.1) is 6.92 Å². The van der Waals surface area contributed by atoms with Crippen LogP contribution in [0.5, 0.6) is 5.75 Å². The van der Waals surface area contributed by atoms with Gasteiger partial charge in [-0.25, -0.2) is 8.42 Å². The SMILES string of the molecule is Cc1cccc(COc2cccc(C(=O)NCCS(=O)(=O)c3ccccc3)c2)c1. The van der Waals surface area contributed by atoms with E-state index in [9.17, 15) is 13.2 Å². The van der Waals surface area contributed by atoms with Gasteiger partial charge >= 0.3 is 0 Å². The summed E-state index contributed by atoms with van der Waals surface area (Å²) in [6.45, 7) is 2.46. The van der Waals surface area contributed by atoms with E-state index in [2.05, 4.69) is 5.32 Å². The predicted octanol–water partition coefficient (Wildman–Crippen LogP) is 3.78. The number of aryl methyl sites for hydroxylation is 1. The van der Waals surface area contributed by atoms with Gasteiger partial charge in [0.25, 0.3) is 5.91 Å². The molecule has 0 saturated carbocycles. The van der Waals surface area contributed by atoms with Crippen LogP contribution in [0.3, 0.4) is 0 Å². The molecule has 0 heterocycles. The fourth-order valence-electron chi connectivity index (χ4n) is 2.84. The third-order valence-corrected chi connectivity index (χ3v) is 6.07. The Bertz CT molecular complexity index is 1080. The standard InChI is InChI=1S/C23H23NO4S/c1-18-7-5-8-19(15-18)17-28-21-10-6-9-20(16-21)23(25)24-13-14-29(26,27)22-11-3-2-4-12-22/h2-12,15-16H,13-14,17H2,1H3,(H,24,25). The van der Waals surface area contributed by atoms with Gasteiger partial charge in [-0.1, -0.05) is 54.1 Å². The minimum absolute atomic E-state index is 0.0322. The zero-order valence-corrected chi connectivity index (χ0v) is 17.0. The van der Waals surface area contributed by atoms with Crippen molar-refractivity contribution in [3.63, 3.8) is 0 Å². The average molecular weight is 410 g/mol. The monoisotopic (exact) mass is 409 g/mol. The number of hydrogen-bond donors (Lipinski definition) is 1. The molecule has 0 spiro atoms. The van der Waals surface area contributed by atoms with Crippen LogP contribution in [-0.2, 0) is 16.4 Å². The Balaban J connectivity index is 1.55. The Kier molecular flexibility index (Phi) is 6.67. The highest BCUT2D eigenvalue weighted by Gasteiger charge is 2.14. The highest BCUT2D eigenvalue weighted by molar-refractivity contribution is 7.91. The first-order chi connectivity index (χ1) is 13.9. The Morgan fingerprint density at radius 2 is 1.69 bits per heavy atom. The Morgan fingerprint density at radius 3 is 2.45 bits per heavy atom. The Hall–Kier alpha value is -3.12. The van der Waals surface area contributed by atoms with Crippen molar-refractivity contribution >= 4 is 15.7 Å². The molecule has 6 heteroatoms. The van der Waals surface area contributed by atoms with E-state index in [0.717, 1.165) is 11.1 Å². The average Bonchev–Trinajstić information content (AvgIpc) is 2.73. The van der Waals surface area contributed by atoms with Crippen LogP contribution in [-0.4, -0.2) is 26.6 Å². The molecule has 0 fully saturated rings. The second-order valence-electron chi connectivity index (χ2n) is 6.69. The molecule has 3 rings (SSSR count). The van der Waals surface area contributed by atoms with Crippen LogP contribution in [0.25, 0.3) is 0 Å². The van der Waals surface area contributed by atoms with Crippen molar-refractivity contribution in [2.75, 3.05) is 12.3 Å². The largest absolute Gasteiger partial charge is 0.489 e. The zero-order valence-electron chi connectivity index (χ0n) is 16.2. The van der Waals surface area contributed by atoms with Crippen molar-refractivity contribution in [1.29, 1.82) is 0 Å². The molecule has 150 valence electrons. The summed E-state index contributed by atoms with van der Waals surface area (Å²) in [5.74, 6) is 0.0806. The molecule has 0 aliphatic carbocycles.